The third-order valence-electron chi connectivity index (χ3n) is 3.97. The highest BCUT2D eigenvalue weighted by molar-refractivity contribution is 5.96. The Morgan fingerprint density at radius 1 is 1.35 bits per heavy atom. The van der Waals surface area contributed by atoms with Crippen molar-refractivity contribution < 1.29 is 14.3 Å². The van der Waals surface area contributed by atoms with Crippen LogP contribution >= 0.6 is 0 Å². The molecule has 2 N–H and O–H groups in total. The Hall–Kier alpha value is -1.88. The molecule has 1 unspecified atom stereocenters. The minimum absolute atomic E-state index is 0.0378. The van der Waals surface area contributed by atoms with E-state index in [4.69, 9.17) is 0 Å². The normalized spacial score (nSPS) is 21.5. The van der Waals surface area contributed by atoms with Crippen LogP contribution < -0.4 is 10.6 Å². The summed E-state index contributed by atoms with van der Waals surface area (Å²) in [5.74, 6) is -0.344. The number of nitrogens with one attached hydrogen (secondary N) is 2. The van der Waals surface area contributed by atoms with Gasteiger partial charge in [-0.15, -0.1) is 0 Å². The Bertz CT molecular complexity index is 490. The van der Waals surface area contributed by atoms with Crippen LogP contribution in [0.15, 0.2) is 24.3 Å². The van der Waals surface area contributed by atoms with Crippen LogP contribution in [-0.2, 0) is 9.53 Å². The van der Waals surface area contributed by atoms with Gasteiger partial charge in [0, 0.05) is 12.2 Å². The fraction of sp³-hybridized carbons (Fsp3) is 0.467. The van der Waals surface area contributed by atoms with Crippen molar-refractivity contribution in [3.05, 3.63) is 29.8 Å². The number of anilines is 1. The molecule has 1 aliphatic heterocycles. The lowest BCUT2D eigenvalue weighted by molar-refractivity contribution is -0.124. The van der Waals surface area contributed by atoms with Gasteiger partial charge in [0.2, 0.25) is 5.91 Å². The van der Waals surface area contributed by atoms with Crippen LogP contribution in [0.25, 0.3) is 0 Å². The first-order valence-electron chi connectivity index (χ1n) is 6.82. The standard InChI is InChI=1S/C15H20N2O3/c1-3-15(8-9-16-10-15)14(19)17-12-6-4-11(5-7-12)13(18)20-2/h4-7,16H,3,8-10H2,1-2H3,(H,17,19). The van der Waals surface area contributed by atoms with Crippen molar-refractivity contribution in [1.82, 2.24) is 5.32 Å². The molecule has 1 fully saturated rings. The van der Waals surface area contributed by atoms with Gasteiger partial charge in [-0.05, 0) is 43.7 Å². The largest absolute Gasteiger partial charge is 0.465 e. The number of amides is 1. The van der Waals surface area contributed by atoms with Gasteiger partial charge in [-0.2, -0.15) is 0 Å². The van der Waals surface area contributed by atoms with Gasteiger partial charge < -0.3 is 15.4 Å². The molecule has 5 nitrogen and oxygen atoms in total. The summed E-state index contributed by atoms with van der Waals surface area (Å²) in [6.07, 6.45) is 1.67. The Labute approximate surface area is 118 Å². The van der Waals surface area contributed by atoms with Gasteiger partial charge >= 0.3 is 5.97 Å². The van der Waals surface area contributed by atoms with Crippen LogP contribution in [0, 0.1) is 5.41 Å². The number of hydrogen-bond acceptors (Lipinski definition) is 4. The van der Waals surface area contributed by atoms with E-state index in [-0.39, 0.29) is 17.3 Å². The number of benzene rings is 1. The molecule has 108 valence electrons. The number of hydrogen-bond donors (Lipinski definition) is 2. The molecule has 1 aromatic rings. The first kappa shape index (κ1) is 14.5. The number of carbonyl (C=O) groups excluding carboxylic acids is 2. The average Bonchev–Trinajstić information content (AvgIpc) is 2.97. The second-order valence-corrected chi connectivity index (χ2v) is 5.08. The zero-order valence-electron chi connectivity index (χ0n) is 11.9. The summed E-state index contributed by atoms with van der Waals surface area (Å²) >= 11 is 0. The summed E-state index contributed by atoms with van der Waals surface area (Å²) in [4.78, 5) is 23.7. The van der Waals surface area contributed by atoms with Gasteiger partial charge in [0.15, 0.2) is 0 Å². The average molecular weight is 276 g/mol. The van der Waals surface area contributed by atoms with E-state index in [2.05, 4.69) is 15.4 Å². The minimum atomic E-state index is -0.382. The second kappa shape index (κ2) is 6.05. The zero-order valence-corrected chi connectivity index (χ0v) is 11.9. The minimum Gasteiger partial charge on any atom is -0.465 e. The molecule has 0 saturated carbocycles. The summed E-state index contributed by atoms with van der Waals surface area (Å²) in [6.45, 7) is 3.63. The Kier molecular flexibility index (Phi) is 4.39. The molecule has 2 rings (SSSR count). The zero-order chi connectivity index (χ0) is 14.6. The summed E-state index contributed by atoms with van der Waals surface area (Å²) < 4.78 is 4.64. The lowest BCUT2D eigenvalue weighted by Crippen LogP contribution is -2.37. The summed E-state index contributed by atoms with van der Waals surface area (Å²) in [5, 5.41) is 6.17. The molecule has 0 spiro atoms. The van der Waals surface area contributed by atoms with Crippen molar-refractivity contribution in [2.75, 3.05) is 25.5 Å². The predicted molar refractivity (Wildman–Crippen MR) is 76.6 cm³/mol. The van der Waals surface area contributed by atoms with Crippen molar-refractivity contribution >= 4 is 17.6 Å². The van der Waals surface area contributed by atoms with Crippen LogP contribution in [0.4, 0.5) is 5.69 Å². The number of rotatable bonds is 4. The van der Waals surface area contributed by atoms with E-state index in [9.17, 15) is 9.59 Å². The molecule has 1 aliphatic rings. The molecule has 0 radical (unpaired) electrons. The third-order valence-corrected chi connectivity index (χ3v) is 3.97. The van der Waals surface area contributed by atoms with Crippen molar-refractivity contribution in [1.29, 1.82) is 0 Å². The van der Waals surface area contributed by atoms with Gasteiger partial charge in [-0.25, -0.2) is 4.79 Å². The van der Waals surface area contributed by atoms with Crippen molar-refractivity contribution in [2.45, 2.75) is 19.8 Å². The van der Waals surface area contributed by atoms with Gasteiger partial charge in [-0.3, -0.25) is 4.79 Å². The SMILES string of the molecule is CCC1(C(=O)Nc2ccc(C(=O)OC)cc2)CCNC1. The molecule has 1 atom stereocenters. The van der Waals surface area contributed by atoms with Crippen molar-refractivity contribution in [3.8, 4) is 0 Å². The monoisotopic (exact) mass is 276 g/mol. The van der Waals surface area contributed by atoms with E-state index in [1.807, 2.05) is 6.92 Å². The fourth-order valence-electron chi connectivity index (χ4n) is 2.47. The fourth-order valence-corrected chi connectivity index (χ4v) is 2.47. The molecular weight excluding hydrogens is 256 g/mol. The van der Waals surface area contributed by atoms with E-state index in [0.717, 1.165) is 25.9 Å². The molecular formula is C15H20N2O3. The molecule has 1 aromatic carbocycles. The summed E-state index contributed by atoms with van der Waals surface area (Å²) in [7, 11) is 1.34. The van der Waals surface area contributed by atoms with Crippen LogP contribution in [0.1, 0.15) is 30.1 Å². The van der Waals surface area contributed by atoms with Crippen LogP contribution in [0.3, 0.4) is 0 Å². The van der Waals surface area contributed by atoms with E-state index in [1.54, 1.807) is 24.3 Å². The maximum Gasteiger partial charge on any atom is 0.337 e. The van der Waals surface area contributed by atoms with Crippen molar-refractivity contribution in [2.24, 2.45) is 5.41 Å². The Morgan fingerprint density at radius 3 is 2.55 bits per heavy atom. The lowest BCUT2D eigenvalue weighted by atomic mass is 9.83. The van der Waals surface area contributed by atoms with E-state index in [1.165, 1.54) is 7.11 Å². The molecule has 5 heteroatoms. The van der Waals surface area contributed by atoms with Crippen LogP contribution in [-0.4, -0.2) is 32.1 Å². The molecule has 1 amide bonds. The first-order chi connectivity index (χ1) is 9.61. The second-order valence-electron chi connectivity index (χ2n) is 5.08. The van der Waals surface area contributed by atoms with E-state index < -0.39 is 0 Å². The Balaban J connectivity index is 2.06. The highest BCUT2D eigenvalue weighted by atomic mass is 16.5. The van der Waals surface area contributed by atoms with Gasteiger partial charge in [0.1, 0.15) is 0 Å². The molecule has 1 heterocycles. The number of methoxy groups -OCH3 is 1. The van der Waals surface area contributed by atoms with Crippen LogP contribution in [0.5, 0.6) is 0 Å². The molecule has 0 aliphatic carbocycles. The number of carbonyl (C=O) groups is 2. The maximum absolute atomic E-state index is 12.4. The lowest BCUT2D eigenvalue weighted by Gasteiger charge is -2.25. The Morgan fingerprint density at radius 2 is 2.05 bits per heavy atom. The van der Waals surface area contributed by atoms with Gasteiger partial charge in [0.25, 0.3) is 0 Å². The molecule has 20 heavy (non-hydrogen) atoms. The van der Waals surface area contributed by atoms with E-state index >= 15 is 0 Å². The maximum atomic E-state index is 12.4. The first-order valence-corrected chi connectivity index (χ1v) is 6.82. The smallest absolute Gasteiger partial charge is 0.337 e. The predicted octanol–water partition coefficient (Wildman–Crippen LogP) is 1.80. The quantitative estimate of drug-likeness (QED) is 0.823. The summed E-state index contributed by atoms with van der Waals surface area (Å²) in [6, 6.07) is 6.73. The molecule has 1 saturated heterocycles. The highest BCUT2D eigenvalue weighted by Gasteiger charge is 2.39. The van der Waals surface area contributed by atoms with Gasteiger partial charge in [0.05, 0.1) is 18.1 Å². The number of ether oxygens (including phenoxy) is 1. The molecule has 0 aromatic heterocycles. The van der Waals surface area contributed by atoms with Gasteiger partial charge in [-0.1, -0.05) is 6.92 Å². The highest BCUT2D eigenvalue weighted by Crippen LogP contribution is 2.30. The van der Waals surface area contributed by atoms with Crippen molar-refractivity contribution in [3.63, 3.8) is 0 Å². The number of esters is 1. The third kappa shape index (κ3) is 2.82. The topological polar surface area (TPSA) is 67.4 Å². The summed E-state index contributed by atoms with van der Waals surface area (Å²) in [5.41, 5.74) is 0.849. The molecule has 0 bridgehead atoms. The van der Waals surface area contributed by atoms with Crippen LogP contribution in [0.2, 0.25) is 0 Å². The van der Waals surface area contributed by atoms with E-state index in [0.29, 0.717) is 11.3 Å².